The predicted molar refractivity (Wildman–Crippen MR) is 95.7 cm³/mol. The number of carbonyl (C=O) groups excluding carboxylic acids is 1. The van der Waals surface area contributed by atoms with Crippen molar-refractivity contribution in [1.29, 1.82) is 0 Å². The minimum absolute atomic E-state index is 0.0169. The van der Waals surface area contributed by atoms with Crippen LogP contribution in [0.2, 0.25) is 0 Å². The number of amides is 1. The third kappa shape index (κ3) is 3.49. The van der Waals surface area contributed by atoms with Crippen LogP contribution in [0.25, 0.3) is 0 Å². The SMILES string of the molecule is Cc1ncc(NC(=O)c2cc(C3CC3NCC3CC3)sc2C)s1. The molecule has 2 fully saturated rings. The lowest BCUT2D eigenvalue weighted by Gasteiger charge is -2.01. The van der Waals surface area contributed by atoms with Crippen molar-refractivity contribution >= 4 is 33.6 Å². The number of anilines is 1. The summed E-state index contributed by atoms with van der Waals surface area (Å²) < 4.78 is 0. The number of carbonyl (C=O) groups is 1. The van der Waals surface area contributed by atoms with Crippen LogP contribution in [-0.2, 0) is 0 Å². The van der Waals surface area contributed by atoms with E-state index in [1.54, 1.807) is 17.5 Å². The second-order valence-electron chi connectivity index (χ2n) is 6.62. The molecule has 2 heterocycles. The Morgan fingerprint density at radius 3 is 2.87 bits per heavy atom. The fraction of sp³-hybridized carbons (Fsp3) is 0.529. The van der Waals surface area contributed by atoms with Gasteiger partial charge in [-0.3, -0.25) is 4.79 Å². The van der Waals surface area contributed by atoms with Gasteiger partial charge in [-0.1, -0.05) is 0 Å². The molecule has 2 atom stereocenters. The van der Waals surface area contributed by atoms with Gasteiger partial charge in [0.2, 0.25) is 0 Å². The Morgan fingerprint density at radius 1 is 1.35 bits per heavy atom. The molecule has 0 saturated heterocycles. The first-order valence-electron chi connectivity index (χ1n) is 8.17. The largest absolute Gasteiger partial charge is 0.313 e. The number of thiazole rings is 1. The lowest BCUT2D eigenvalue weighted by molar-refractivity contribution is 0.102. The quantitative estimate of drug-likeness (QED) is 0.832. The van der Waals surface area contributed by atoms with Gasteiger partial charge in [0, 0.05) is 21.7 Å². The number of hydrogen-bond acceptors (Lipinski definition) is 5. The van der Waals surface area contributed by atoms with E-state index in [1.165, 1.54) is 42.0 Å². The van der Waals surface area contributed by atoms with E-state index < -0.39 is 0 Å². The van der Waals surface area contributed by atoms with E-state index in [4.69, 9.17) is 0 Å². The van der Waals surface area contributed by atoms with Crippen LogP contribution in [0.5, 0.6) is 0 Å². The summed E-state index contributed by atoms with van der Waals surface area (Å²) in [5.41, 5.74) is 0.809. The summed E-state index contributed by atoms with van der Waals surface area (Å²) in [5.74, 6) is 1.51. The average Bonchev–Trinajstić information content (AvgIpc) is 3.40. The summed E-state index contributed by atoms with van der Waals surface area (Å²) in [6.07, 6.45) is 5.72. The number of aryl methyl sites for hydroxylation is 2. The van der Waals surface area contributed by atoms with Gasteiger partial charge in [-0.15, -0.1) is 22.7 Å². The number of rotatable bonds is 6. The second-order valence-corrected chi connectivity index (χ2v) is 9.14. The standard InChI is InChI=1S/C17H21N3OS2/c1-9-12(17(21)20-16-8-18-10(2)23-16)6-15(22-9)13-5-14(13)19-7-11-3-4-11/h6,8,11,13-14,19H,3-5,7H2,1-2H3,(H,20,21). The first-order valence-corrected chi connectivity index (χ1v) is 9.81. The lowest BCUT2D eigenvalue weighted by atomic mass is 10.2. The smallest absolute Gasteiger partial charge is 0.257 e. The van der Waals surface area contributed by atoms with Crippen LogP contribution in [0.1, 0.15) is 50.3 Å². The zero-order chi connectivity index (χ0) is 16.0. The van der Waals surface area contributed by atoms with Gasteiger partial charge in [0.15, 0.2) is 0 Å². The molecule has 23 heavy (non-hydrogen) atoms. The maximum absolute atomic E-state index is 12.5. The highest BCUT2D eigenvalue weighted by Crippen LogP contribution is 2.45. The molecule has 0 spiro atoms. The Morgan fingerprint density at radius 2 is 2.17 bits per heavy atom. The molecule has 2 aliphatic rings. The number of nitrogens with one attached hydrogen (secondary N) is 2. The van der Waals surface area contributed by atoms with E-state index in [0.29, 0.717) is 12.0 Å². The summed E-state index contributed by atoms with van der Waals surface area (Å²) in [6, 6.07) is 2.71. The molecule has 2 aromatic rings. The average molecular weight is 348 g/mol. The van der Waals surface area contributed by atoms with Crippen LogP contribution in [-0.4, -0.2) is 23.5 Å². The van der Waals surface area contributed by atoms with Gasteiger partial charge in [0.25, 0.3) is 5.91 Å². The third-order valence-corrected chi connectivity index (χ3v) is 6.57. The van der Waals surface area contributed by atoms with E-state index in [2.05, 4.69) is 21.7 Å². The van der Waals surface area contributed by atoms with Crippen molar-refractivity contribution in [1.82, 2.24) is 10.3 Å². The molecule has 2 saturated carbocycles. The highest BCUT2D eigenvalue weighted by Gasteiger charge is 2.40. The fourth-order valence-electron chi connectivity index (χ4n) is 2.89. The molecule has 6 heteroatoms. The molecule has 0 bridgehead atoms. The number of aromatic nitrogens is 1. The molecule has 2 N–H and O–H groups in total. The van der Waals surface area contributed by atoms with Crippen molar-refractivity contribution in [2.24, 2.45) is 5.92 Å². The van der Waals surface area contributed by atoms with Crippen molar-refractivity contribution in [2.75, 3.05) is 11.9 Å². The Kier molecular flexibility index (Phi) is 3.99. The van der Waals surface area contributed by atoms with Crippen LogP contribution < -0.4 is 10.6 Å². The van der Waals surface area contributed by atoms with Crippen molar-refractivity contribution in [3.63, 3.8) is 0 Å². The molecule has 1 amide bonds. The zero-order valence-corrected chi connectivity index (χ0v) is 15.0. The van der Waals surface area contributed by atoms with Crippen LogP contribution in [0.15, 0.2) is 12.3 Å². The van der Waals surface area contributed by atoms with E-state index >= 15 is 0 Å². The Labute approximate surface area is 144 Å². The minimum atomic E-state index is -0.0169. The first-order chi connectivity index (χ1) is 11.1. The van der Waals surface area contributed by atoms with Gasteiger partial charge < -0.3 is 10.6 Å². The van der Waals surface area contributed by atoms with Gasteiger partial charge >= 0.3 is 0 Å². The van der Waals surface area contributed by atoms with E-state index in [-0.39, 0.29) is 5.91 Å². The molecular weight excluding hydrogens is 326 g/mol. The van der Waals surface area contributed by atoms with Gasteiger partial charge in [0.1, 0.15) is 5.00 Å². The van der Waals surface area contributed by atoms with Gasteiger partial charge in [-0.2, -0.15) is 0 Å². The van der Waals surface area contributed by atoms with Crippen LogP contribution >= 0.6 is 22.7 Å². The van der Waals surface area contributed by atoms with Crippen molar-refractivity contribution in [3.05, 3.63) is 32.6 Å². The normalized spacial score (nSPS) is 23.0. The monoisotopic (exact) mass is 347 g/mol. The van der Waals surface area contributed by atoms with Crippen molar-refractivity contribution in [3.8, 4) is 0 Å². The van der Waals surface area contributed by atoms with Crippen LogP contribution in [0, 0.1) is 19.8 Å². The Balaban J connectivity index is 1.39. The summed E-state index contributed by atoms with van der Waals surface area (Å²) in [5, 5.41) is 8.41. The topological polar surface area (TPSA) is 54.0 Å². The zero-order valence-electron chi connectivity index (χ0n) is 13.4. The molecular formula is C17H21N3OS2. The lowest BCUT2D eigenvalue weighted by Crippen LogP contribution is -2.20. The van der Waals surface area contributed by atoms with E-state index in [9.17, 15) is 4.79 Å². The van der Waals surface area contributed by atoms with Crippen LogP contribution in [0.3, 0.4) is 0 Å². The second kappa shape index (κ2) is 6.00. The number of hydrogen-bond donors (Lipinski definition) is 2. The highest BCUT2D eigenvalue weighted by atomic mass is 32.1. The van der Waals surface area contributed by atoms with Crippen LogP contribution in [0.4, 0.5) is 5.00 Å². The first kappa shape index (κ1) is 15.3. The molecule has 4 rings (SSSR count). The predicted octanol–water partition coefficient (Wildman–Crippen LogP) is 3.93. The van der Waals surface area contributed by atoms with Crippen molar-refractivity contribution in [2.45, 2.75) is 45.1 Å². The van der Waals surface area contributed by atoms with Gasteiger partial charge in [0.05, 0.1) is 16.8 Å². The third-order valence-electron chi connectivity index (χ3n) is 4.56. The fourth-order valence-corrected chi connectivity index (χ4v) is 4.76. The van der Waals surface area contributed by atoms with E-state index in [0.717, 1.165) is 26.4 Å². The molecule has 4 nitrogen and oxygen atoms in total. The Hall–Kier alpha value is -1.24. The molecule has 2 unspecified atom stereocenters. The highest BCUT2D eigenvalue weighted by molar-refractivity contribution is 7.15. The molecule has 0 radical (unpaired) electrons. The minimum Gasteiger partial charge on any atom is -0.313 e. The molecule has 2 aromatic heterocycles. The van der Waals surface area contributed by atoms with Gasteiger partial charge in [-0.05, 0) is 51.6 Å². The number of nitrogens with zero attached hydrogens (tertiary/aromatic N) is 1. The molecule has 0 aliphatic heterocycles. The summed E-state index contributed by atoms with van der Waals surface area (Å²) in [7, 11) is 0. The summed E-state index contributed by atoms with van der Waals surface area (Å²) in [6.45, 7) is 5.15. The van der Waals surface area contributed by atoms with Crippen molar-refractivity contribution < 1.29 is 4.79 Å². The Bertz CT molecular complexity index is 732. The number of thiophene rings is 1. The summed E-state index contributed by atoms with van der Waals surface area (Å²) >= 11 is 3.28. The van der Waals surface area contributed by atoms with E-state index in [1.807, 2.05) is 13.8 Å². The maximum atomic E-state index is 12.5. The molecule has 2 aliphatic carbocycles. The summed E-state index contributed by atoms with van der Waals surface area (Å²) in [4.78, 5) is 19.1. The maximum Gasteiger partial charge on any atom is 0.257 e. The van der Waals surface area contributed by atoms with Gasteiger partial charge in [-0.25, -0.2) is 4.98 Å². The molecule has 0 aromatic carbocycles. The molecule has 122 valence electrons.